The zero-order valence-corrected chi connectivity index (χ0v) is 11.6. The van der Waals surface area contributed by atoms with Gasteiger partial charge in [-0.2, -0.15) is 0 Å². The maximum absolute atomic E-state index is 4.90. The molecule has 4 aromatic rings. The molecule has 0 saturated heterocycles. The van der Waals surface area contributed by atoms with Crippen molar-refractivity contribution in [1.82, 2.24) is 9.97 Å². The molecule has 2 nitrogen and oxygen atoms in total. The third kappa shape index (κ3) is 1.47. The number of rotatable bonds is 0. The van der Waals surface area contributed by atoms with Gasteiger partial charge in [0.15, 0.2) is 0 Å². The lowest BCUT2D eigenvalue weighted by Gasteiger charge is -2.19. The van der Waals surface area contributed by atoms with Gasteiger partial charge >= 0.3 is 0 Å². The molecule has 21 heavy (non-hydrogen) atoms. The lowest BCUT2D eigenvalue weighted by Crippen LogP contribution is -2.07. The van der Waals surface area contributed by atoms with Crippen LogP contribution in [-0.4, -0.2) is 9.97 Å². The van der Waals surface area contributed by atoms with Gasteiger partial charge in [0.2, 0.25) is 0 Å². The average Bonchev–Trinajstić information content (AvgIpc) is 2.54. The molecule has 100 valence electrons. The molecule has 2 aromatic carbocycles. The van der Waals surface area contributed by atoms with Gasteiger partial charge in [-0.3, -0.25) is 9.97 Å². The Hall–Kier alpha value is -2.48. The van der Waals surface area contributed by atoms with Crippen molar-refractivity contribution in [2.24, 2.45) is 0 Å². The fourth-order valence-electron chi connectivity index (χ4n) is 3.62. The summed E-state index contributed by atoms with van der Waals surface area (Å²) in [6.07, 6.45) is 3.28. The first-order valence-corrected chi connectivity index (χ1v) is 7.51. The van der Waals surface area contributed by atoms with Crippen molar-refractivity contribution in [3.05, 3.63) is 59.9 Å². The minimum Gasteiger partial charge on any atom is -0.252 e. The molecule has 0 spiro atoms. The summed E-state index contributed by atoms with van der Waals surface area (Å²) >= 11 is 0. The van der Waals surface area contributed by atoms with E-state index >= 15 is 0 Å². The van der Waals surface area contributed by atoms with Gasteiger partial charge < -0.3 is 0 Å². The van der Waals surface area contributed by atoms with Gasteiger partial charge in [0.05, 0.1) is 22.4 Å². The van der Waals surface area contributed by atoms with Crippen molar-refractivity contribution in [2.45, 2.75) is 19.3 Å². The molecule has 0 aliphatic heterocycles. The van der Waals surface area contributed by atoms with Crippen molar-refractivity contribution >= 4 is 32.6 Å². The van der Waals surface area contributed by atoms with Crippen molar-refractivity contribution in [2.75, 3.05) is 0 Å². The van der Waals surface area contributed by atoms with E-state index < -0.39 is 0 Å². The summed E-state index contributed by atoms with van der Waals surface area (Å²) in [7, 11) is 0. The summed E-state index contributed by atoms with van der Waals surface area (Å²) in [6, 6.07) is 17.0. The number of fused-ring (bicyclic) bond motifs is 4. The quantitative estimate of drug-likeness (QED) is 0.442. The minimum absolute atomic E-state index is 1.06. The van der Waals surface area contributed by atoms with Crippen LogP contribution in [0, 0.1) is 0 Å². The van der Waals surface area contributed by atoms with Crippen LogP contribution in [0.1, 0.15) is 17.8 Å². The van der Waals surface area contributed by atoms with Gasteiger partial charge in [0.25, 0.3) is 0 Å². The van der Waals surface area contributed by atoms with Crippen LogP contribution < -0.4 is 0 Å². The Morgan fingerprint density at radius 3 is 1.71 bits per heavy atom. The number of nitrogens with zero attached hydrogens (tertiary/aromatic N) is 2. The summed E-state index contributed by atoms with van der Waals surface area (Å²) in [6.45, 7) is 0. The monoisotopic (exact) mass is 270 g/mol. The van der Waals surface area contributed by atoms with Crippen LogP contribution in [0.5, 0.6) is 0 Å². The van der Waals surface area contributed by atoms with Crippen LogP contribution in [0.4, 0.5) is 0 Å². The van der Waals surface area contributed by atoms with E-state index in [4.69, 9.17) is 9.97 Å². The molecule has 0 N–H and O–H groups in total. The Kier molecular flexibility index (Phi) is 2.14. The number of para-hydroxylation sites is 2. The van der Waals surface area contributed by atoms with E-state index in [0.717, 1.165) is 30.3 Å². The van der Waals surface area contributed by atoms with Crippen LogP contribution in [0.25, 0.3) is 32.6 Å². The molecule has 0 saturated carbocycles. The fourth-order valence-corrected chi connectivity index (χ4v) is 3.62. The lowest BCUT2D eigenvalue weighted by atomic mass is 9.91. The third-order valence-electron chi connectivity index (χ3n) is 4.51. The normalized spacial score (nSPS) is 14.1. The molecular formula is C19H14N2. The van der Waals surface area contributed by atoms with E-state index in [-0.39, 0.29) is 0 Å². The highest BCUT2D eigenvalue weighted by molar-refractivity contribution is 6.19. The van der Waals surface area contributed by atoms with E-state index in [0.29, 0.717) is 0 Å². The minimum atomic E-state index is 1.06. The number of hydrogen-bond donors (Lipinski definition) is 0. The molecule has 0 fully saturated rings. The van der Waals surface area contributed by atoms with Crippen LogP contribution in [0.3, 0.4) is 0 Å². The molecule has 5 rings (SSSR count). The van der Waals surface area contributed by atoms with Crippen molar-refractivity contribution < 1.29 is 0 Å². The zero-order chi connectivity index (χ0) is 13.8. The van der Waals surface area contributed by atoms with E-state index in [2.05, 4.69) is 48.5 Å². The van der Waals surface area contributed by atoms with Gasteiger partial charge in [-0.1, -0.05) is 36.4 Å². The number of aryl methyl sites for hydroxylation is 2. The highest BCUT2D eigenvalue weighted by Crippen LogP contribution is 2.36. The Bertz CT molecular complexity index is 939. The van der Waals surface area contributed by atoms with Crippen LogP contribution in [-0.2, 0) is 12.8 Å². The van der Waals surface area contributed by atoms with E-state index in [1.807, 2.05) is 0 Å². The highest BCUT2D eigenvalue weighted by Gasteiger charge is 2.19. The van der Waals surface area contributed by atoms with Gasteiger partial charge in [-0.05, 0) is 31.4 Å². The van der Waals surface area contributed by atoms with Gasteiger partial charge in [0, 0.05) is 21.5 Å². The first-order chi connectivity index (χ1) is 10.4. The van der Waals surface area contributed by atoms with Crippen molar-refractivity contribution in [3.63, 3.8) is 0 Å². The Morgan fingerprint density at radius 2 is 1.14 bits per heavy atom. The summed E-state index contributed by atoms with van der Waals surface area (Å²) in [5.74, 6) is 0. The second kappa shape index (κ2) is 4.01. The van der Waals surface area contributed by atoms with E-state index in [1.165, 1.54) is 32.9 Å². The van der Waals surface area contributed by atoms with Crippen molar-refractivity contribution in [1.29, 1.82) is 0 Å². The molecular weight excluding hydrogens is 256 g/mol. The van der Waals surface area contributed by atoms with Crippen molar-refractivity contribution in [3.8, 4) is 0 Å². The highest BCUT2D eigenvalue weighted by atomic mass is 14.8. The smallest absolute Gasteiger partial charge is 0.0712 e. The fraction of sp³-hybridized carbons (Fsp3) is 0.158. The number of benzene rings is 2. The summed E-state index contributed by atoms with van der Waals surface area (Å²) < 4.78 is 0. The largest absolute Gasteiger partial charge is 0.252 e. The van der Waals surface area contributed by atoms with Gasteiger partial charge in [0.1, 0.15) is 0 Å². The van der Waals surface area contributed by atoms with Crippen LogP contribution in [0.15, 0.2) is 48.5 Å². The average molecular weight is 270 g/mol. The number of pyridine rings is 2. The Morgan fingerprint density at radius 1 is 0.619 bits per heavy atom. The molecule has 0 amide bonds. The second-order valence-electron chi connectivity index (χ2n) is 5.75. The second-order valence-corrected chi connectivity index (χ2v) is 5.75. The number of aromatic nitrogens is 2. The predicted octanol–water partition coefficient (Wildman–Crippen LogP) is 4.42. The third-order valence-corrected chi connectivity index (χ3v) is 4.51. The predicted molar refractivity (Wildman–Crippen MR) is 86.6 cm³/mol. The summed E-state index contributed by atoms with van der Waals surface area (Å²) in [5.41, 5.74) is 4.65. The SMILES string of the molecule is c1ccc2c(c1)nc1c3c(nc4ccccc4c32)CCC1. The van der Waals surface area contributed by atoms with Crippen LogP contribution >= 0.6 is 0 Å². The summed E-state index contributed by atoms with van der Waals surface area (Å²) in [4.78, 5) is 9.80. The maximum atomic E-state index is 4.90. The maximum Gasteiger partial charge on any atom is 0.0712 e. The molecule has 2 heterocycles. The summed E-state index contributed by atoms with van der Waals surface area (Å²) in [5, 5.41) is 5.14. The molecule has 2 aromatic heterocycles. The molecule has 0 atom stereocenters. The van der Waals surface area contributed by atoms with E-state index in [9.17, 15) is 0 Å². The lowest BCUT2D eigenvalue weighted by molar-refractivity contribution is 0.773. The van der Waals surface area contributed by atoms with Gasteiger partial charge in [-0.15, -0.1) is 0 Å². The molecule has 2 heteroatoms. The first-order valence-electron chi connectivity index (χ1n) is 7.51. The zero-order valence-electron chi connectivity index (χ0n) is 11.6. The number of hydrogen-bond acceptors (Lipinski definition) is 2. The molecule has 1 aliphatic rings. The molecule has 1 aliphatic carbocycles. The first kappa shape index (κ1) is 11.2. The topological polar surface area (TPSA) is 25.8 Å². The Labute approximate surface area is 122 Å². The standard InChI is InChI=1S/C19H14N2/c1-3-8-14-12(6-1)18-13-7-2-4-9-15(13)21-17-11-5-10-16(20-14)19(17)18/h1-4,6-9H,5,10-11H2. The van der Waals surface area contributed by atoms with Crippen LogP contribution in [0.2, 0.25) is 0 Å². The Balaban J connectivity index is 2.17. The van der Waals surface area contributed by atoms with E-state index in [1.54, 1.807) is 0 Å². The molecule has 0 radical (unpaired) electrons. The molecule has 0 unspecified atom stereocenters. The van der Waals surface area contributed by atoms with Gasteiger partial charge in [-0.25, -0.2) is 0 Å². The molecule has 0 bridgehead atoms.